The summed E-state index contributed by atoms with van der Waals surface area (Å²) in [5, 5.41) is 0. The third-order valence-electron chi connectivity index (χ3n) is 3.50. The van der Waals surface area contributed by atoms with Crippen LogP contribution >= 0.6 is 41.2 Å². The van der Waals surface area contributed by atoms with E-state index in [-0.39, 0.29) is 0 Å². The molecule has 0 aliphatic heterocycles. The second-order valence-electron chi connectivity index (χ2n) is 4.93. The average Bonchev–Trinajstić information content (AvgIpc) is 2.68. The summed E-state index contributed by atoms with van der Waals surface area (Å²) in [4.78, 5) is 2.38. The number of hydrogen-bond acceptors (Lipinski definition) is 10. The first-order valence-electron chi connectivity index (χ1n) is 7.68. The quantitative estimate of drug-likeness (QED) is 0.178. The van der Waals surface area contributed by atoms with Crippen LogP contribution in [0.5, 0.6) is 0 Å². The zero-order valence-electron chi connectivity index (χ0n) is 16.7. The highest BCUT2D eigenvalue weighted by Gasteiger charge is 2.37. The molecule has 0 heterocycles. The second kappa shape index (κ2) is 15.0. The maximum Gasteiger partial charge on any atom is 0.504 e. The van der Waals surface area contributed by atoms with E-state index in [2.05, 4.69) is 26.0 Å². The summed E-state index contributed by atoms with van der Waals surface area (Å²) in [6.45, 7) is 4.14. The molecule has 0 N–H and O–H groups in total. The molecule has 6 nitrogen and oxygen atoms in total. The molecule has 154 valence electrons. The average molecular weight is 479 g/mol. The normalized spacial score (nSPS) is 14.2. The molecule has 0 amide bonds. The van der Waals surface area contributed by atoms with Gasteiger partial charge in [0.05, 0.1) is 0 Å². The van der Waals surface area contributed by atoms with Gasteiger partial charge >= 0.3 is 17.6 Å². The van der Waals surface area contributed by atoms with Crippen molar-refractivity contribution in [2.75, 3.05) is 42.7 Å². The first-order valence-corrected chi connectivity index (χ1v) is 16.4. The summed E-state index contributed by atoms with van der Waals surface area (Å²) >= 11 is 0. The topological polar surface area (TPSA) is 55.4 Å². The molecule has 0 saturated carbocycles. The van der Waals surface area contributed by atoms with Crippen molar-refractivity contribution in [3.63, 3.8) is 0 Å². The summed E-state index contributed by atoms with van der Waals surface area (Å²) in [5.74, 6) is 0. The third kappa shape index (κ3) is 10.0. The van der Waals surface area contributed by atoms with Gasteiger partial charge in [-0.25, -0.2) is 0 Å². The van der Waals surface area contributed by atoms with Crippen molar-refractivity contribution in [1.82, 2.24) is 0 Å². The Kier molecular flexibility index (Phi) is 15.6. The van der Waals surface area contributed by atoms with Crippen LogP contribution in [0.1, 0.15) is 13.8 Å². The van der Waals surface area contributed by atoms with Crippen LogP contribution in [0.2, 0.25) is 12.1 Å². The van der Waals surface area contributed by atoms with Crippen molar-refractivity contribution in [1.29, 1.82) is 0 Å². The largest absolute Gasteiger partial charge is 0.504 e. The van der Waals surface area contributed by atoms with E-state index < -0.39 is 17.6 Å². The Bertz CT molecular complexity index is 389. The fourth-order valence-corrected chi connectivity index (χ4v) is 10.9. The van der Waals surface area contributed by atoms with Gasteiger partial charge in [-0.1, -0.05) is 33.7 Å². The molecule has 0 fully saturated rings. The Hall–Kier alpha value is 1.07. The molecule has 0 aromatic carbocycles. The molecular weight excluding hydrogens is 449 g/mol. The van der Waals surface area contributed by atoms with Gasteiger partial charge in [-0.3, -0.25) is 0 Å². The number of rotatable bonds is 15. The first-order chi connectivity index (χ1) is 12.4. The van der Waals surface area contributed by atoms with Crippen LogP contribution in [-0.4, -0.2) is 60.3 Å². The molecule has 0 spiro atoms. The van der Waals surface area contributed by atoms with Crippen molar-refractivity contribution < 1.29 is 26.6 Å². The Morgan fingerprint density at radius 2 is 0.885 bits per heavy atom. The van der Waals surface area contributed by atoms with E-state index in [0.717, 1.165) is 0 Å². The van der Waals surface area contributed by atoms with Crippen LogP contribution in [0.15, 0.2) is 22.0 Å². The van der Waals surface area contributed by atoms with Crippen molar-refractivity contribution in [3.8, 4) is 0 Å². The standard InChI is InChI=1S/C14H30O6S4Si2/c1-13(9-11-25(15-3,16-4)17-5)21-23-24-22-14(2)10-12-26(18-6,19-7)20-8/h9-10H,11-12H2,1-8H3. The summed E-state index contributed by atoms with van der Waals surface area (Å²) in [6.07, 6.45) is 4.20. The maximum atomic E-state index is 5.42. The summed E-state index contributed by atoms with van der Waals surface area (Å²) in [6, 6.07) is 1.31. The van der Waals surface area contributed by atoms with Gasteiger partial charge in [0.25, 0.3) is 0 Å². The highest BCUT2D eigenvalue weighted by atomic mass is 33.7. The molecular formula is C14H30O6S4Si2. The molecule has 0 aromatic heterocycles. The highest BCUT2D eigenvalue weighted by molar-refractivity contribution is 9.26. The smallest absolute Gasteiger partial charge is 0.377 e. The molecule has 0 rings (SSSR count). The summed E-state index contributed by atoms with van der Waals surface area (Å²) in [7, 11) is 11.5. The van der Waals surface area contributed by atoms with Crippen LogP contribution < -0.4 is 0 Å². The maximum absolute atomic E-state index is 5.42. The minimum absolute atomic E-state index is 0.657. The van der Waals surface area contributed by atoms with Crippen LogP contribution in [0.25, 0.3) is 0 Å². The molecule has 0 unspecified atom stereocenters. The SMILES string of the molecule is CO[Si](CC=C(C)SSSSC(C)=CC[Si](OC)(OC)OC)(OC)OC. The zero-order chi connectivity index (χ0) is 20.1. The van der Waals surface area contributed by atoms with Gasteiger partial charge in [-0.15, -0.1) is 0 Å². The van der Waals surface area contributed by atoms with E-state index in [1.165, 1.54) is 9.81 Å². The predicted octanol–water partition coefficient (Wildman–Crippen LogP) is 5.23. The fraction of sp³-hybridized carbons (Fsp3) is 0.714. The van der Waals surface area contributed by atoms with Gasteiger partial charge in [0.2, 0.25) is 0 Å². The van der Waals surface area contributed by atoms with Gasteiger partial charge in [0.1, 0.15) is 0 Å². The highest BCUT2D eigenvalue weighted by Crippen LogP contribution is 2.49. The number of hydrogen-bond donors (Lipinski definition) is 0. The third-order valence-corrected chi connectivity index (χ3v) is 15.1. The van der Waals surface area contributed by atoms with Crippen molar-refractivity contribution in [2.45, 2.75) is 25.9 Å². The van der Waals surface area contributed by atoms with Crippen molar-refractivity contribution in [3.05, 3.63) is 22.0 Å². The Labute approximate surface area is 175 Å². The van der Waals surface area contributed by atoms with E-state index in [1.54, 1.807) is 83.9 Å². The zero-order valence-corrected chi connectivity index (χ0v) is 21.9. The molecule has 0 saturated heterocycles. The van der Waals surface area contributed by atoms with Crippen LogP contribution in [-0.2, 0) is 26.6 Å². The van der Waals surface area contributed by atoms with Crippen LogP contribution in [0.4, 0.5) is 0 Å². The Morgan fingerprint density at radius 1 is 0.615 bits per heavy atom. The van der Waals surface area contributed by atoms with E-state index in [0.29, 0.717) is 12.1 Å². The molecule has 0 radical (unpaired) electrons. The summed E-state index contributed by atoms with van der Waals surface area (Å²) < 4.78 is 32.5. The lowest BCUT2D eigenvalue weighted by Gasteiger charge is -2.23. The fourth-order valence-electron chi connectivity index (χ4n) is 1.74. The second-order valence-corrected chi connectivity index (χ2v) is 17.1. The minimum atomic E-state index is -2.54. The summed E-state index contributed by atoms with van der Waals surface area (Å²) in [5.41, 5.74) is 0. The molecule has 0 aromatic rings. The Morgan fingerprint density at radius 3 is 1.12 bits per heavy atom. The van der Waals surface area contributed by atoms with Crippen LogP contribution in [0.3, 0.4) is 0 Å². The number of allylic oxidation sites excluding steroid dienone is 4. The van der Waals surface area contributed by atoms with Crippen LogP contribution in [0, 0.1) is 0 Å². The predicted molar refractivity (Wildman–Crippen MR) is 121 cm³/mol. The molecule has 12 heteroatoms. The van der Waals surface area contributed by atoms with E-state index in [4.69, 9.17) is 26.6 Å². The van der Waals surface area contributed by atoms with Gasteiger partial charge in [-0.05, 0) is 43.3 Å². The molecule has 0 aliphatic rings. The monoisotopic (exact) mass is 478 g/mol. The van der Waals surface area contributed by atoms with Gasteiger partial charge in [0, 0.05) is 54.7 Å². The minimum Gasteiger partial charge on any atom is -0.377 e. The van der Waals surface area contributed by atoms with Crippen molar-refractivity contribution in [2.24, 2.45) is 0 Å². The van der Waals surface area contributed by atoms with Gasteiger partial charge < -0.3 is 26.6 Å². The van der Waals surface area contributed by atoms with Crippen molar-refractivity contribution >= 4 is 58.8 Å². The van der Waals surface area contributed by atoms with E-state index in [1.807, 2.05) is 0 Å². The molecule has 0 aliphatic carbocycles. The lowest BCUT2D eigenvalue weighted by Crippen LogP contribution is -2.42. The van der Waals surface area contributed by atoms with Gasteiger partial charge in [-0.2, -0.15) is 0 Å². The lowest BCUT2D eigenvalue weighted by molar-refractivity contribution is 0.126. The van der Waals surface area contributed by atoms with E-state index >= 15 is 0 Å². The molecule has 0 bridgehead atoms. The Balaban J connectivity index is 4.28. The van der Waals surface area contributed by atoms with Gasteiger partial charge in [0.15, 0.2) is 0 Å². The lowest BCUT2D eigenvalue weighted by atomic mass is 10.6. The first kappa shape index (κ1) is 27.1. The molecule has 0 atom stereocenters. The van der Waals surface area contributed by atoms with E-state index in [9.17, 15) is 0 Å². The molecule has 26 heavy (non-hydrogen) atoms.